The summed E-state index contributed by atoms with van der Waals surface area (Å²) in [6.45, 7) is 5.52. The predicted molar refractivity (Wildman–Crippen MR) is 104 cm³/mol. The Morgan fingerprint density at radius 1 is 1.07 bits per heavy atom. The van der Waals surface area contributed by atoms with E-state index in [2.05, 4.69) is 10.2 Å². The number of fused-ring (bicyclic) bond motifs is 1. The molecular formula is C21H22N2O5. The number of ether oxygens (including phenoxy) is 4. The summed E-state index contributed by atoms with van der Waals surface area (Å²) in [5.74, 6) is 3.16. The van der Waals surface area contributed by atoms with Crippen LogP contribution in [0.3, 0.4) is 0 Å². The Hall–Kier alpha value is -3.35. The Morgan fingerprint density at radius 3 is 2.64 bits per heavy atom. The smallest absolute Gasteiger partial charge is 0.176 e. The van der Waals surface area contributed by atoms with Crippen LogP contribution < -0.4 is 18.9 Å². The lowest BCUT2D eigenvalue weighted by Crippen LogP contribution is -1.97. The summed E-state index contributed by atoms with van der Waals surface area (Å²) in [4.78, 5) is 0. The Bertz CT molecular complexity index is 983. The number of hydrogen-bond donors (Lipinski definition) is 2. The van der Waals surface area contributed by atoms with E-state index in [0.29, 0.717) is 59.8 Å². The molecule has 0 radical (unpaired) electrons. The molecule has 0 saturated carbocycles. The molecule has 2 aromatic carbocycles. The minimum absolute atomic E-state index is 0.0703. The first-order valence-corrected chi connectivity index (χ1v) is 9.24. The number of aromatic hydroxyl groups is 1. The fourth-order valence-corrected chi connectivity index (χ4v) is 3.02. The SMILES string of the molecule is CCOc1ccc(-c2n[nH]c(C)c2Oc2ccc3c(c2)OCCCO3)c(O)c1. The summed E-state index contributed by atoms with van der Waals surface area (Å²) >= 11 is 0. The molecule has 7 heteroatoms. The van der Waals surface area contributed by atoms with Crippen LogP contribution in [-0.2, 0) is 0 Å². The van der Waals surface area contributed by atoms with E-state index in [0.717, 1.165) is 12.1 Å². The van der Waals surface area contributed by atoms with Crippen LogP contribution in [-0.4, -0.2) is 35.1 Å². The van der Waals surface area contributed by atoms with Crippen molar-refractivity contribution in [1.82, 2.24) is 10.2 Å². The molecular weight excluding hydrogens is 360 g/mol. The highest BCUT2D eigenvalue weighted by atomic mass is 16.5. The van der Waals surface area contributed by atoms with E-state index in [4.69, 9.17) is 18.9 Å². The average molecular weight is 382 g/mol. The Morgan fingerprint density at radius 2 is 1.86 bits per heavy atom. The van der Waals surface area contributed by atoms with Crippen LogP contribution in [0.1, 0.15) is 19.0 Å². The van der Waals surface area contributed by atoms with Crippen molar-refractivity contribution in [2.45, 2.75) is 20.3 Å². The number of aromatic amines is 1. The van der Waals surface area contributed by atoms with Crippen LogP contribution in [0.5, 0.6) is 34.5 Å². The maximum atomic E-state index is 10.4. The standard InChI is InChI=1S/C21H22N2O5/c1-3-25-14-5-7-16(17(24)11-14)20-21(13(2)22-23-20)28-15-6-8-18-19(12-15)27-10-4-9-26-18/h5-8,11-12,24H,3-4,9-10H2,1-2H3,(H,22,23). The largest absolute Gasteiger partial charge is 0.507 e. The molecule has 0 aliphatic carbocycles. The van der Waals surface area contributed by atoms with Gasteiger partial charge >= 0.3 is 0 Å². The summed E-state index contributed by atoms with van der Waals surface area (Å²) in [6.07, 6.45) is 0.840. The monoisotopic (exact) mass is 382 g/mol. The van der Waals surface area contributed by atoms with Crippen molar-refractivity contribution < 1.29 is 24.1 Å². The number of nitrogens with zero attached hydrogens (tertiary/aromatic N) is 1. The normalized spacial score (nSPS) is 13.1. The lowest BCUT2D eigenvalue weighted by molar-refractivity contribution is 0.296. The van der Waals surface area contributed by atoms with E-state index >= 15 is 0 Å². The average Bonchev–Trinajstić information content (AvgIpc) is 2.90. The molecule has 1 aromatic heterocycles. The van der Waals surface area contributed by atoms with E-state index in [1.807, 2.05) is 26.0 Å². The Labute approximate surface area is 162 Å². The number of phenolic OH excluding ortho intramolecular Hbond substituents is 1. The molecule has 0 unspecified atom stereocenters. The molecule has 0 spiro atoms. The van der Waals surface area contributed by atoms with Crippen LogP contribution in [0.15, 0.2) is 36.4 Å². The van der Waals surface area contributed by atoms with Crippen LogP contribution in [0.25, 0.3) is 11.3 Å². The minimum atomic E-state index is 0.0703. The number of aryl methyl sites for hydroxylation is 1. The van der Waals surface area contributed by atoms with Gasteiger partial charge in [-0.25, -0.2) is 0 Å². The molecule has 1 aliphatic heterocycles. The third kappa shape index (κ3) is 3.55. The van der Waals surface area contributed by atoms with Crippen LogP contribution in [0.4, 0.5) is 0 Å². The summed E-state index contributed by atoms with van der Waals surface area (Å²) in [7, 11) is 0. The van der Waals surface area contributed by atoms with Gasteiger partial charge in [-0.15, -0.1) is 0 Å². The second-order valence-electron chi connectivity index (χ2n) is 6.40. The van der Waals surface area contributed by atoms with Crippen molar-refractivity contribution in [1.29, 1.82) is 0 Å². The predicted octanol–water partition coefficient (Wildman–Crippen LogP) is 4.44. The number of nitrogens with one attached hydrogen (secondary N) is 1. The van der Waals surface area contributed by atoms with E-state index < -0.39 is 0 Å². The molecule has 0 atom stereocenters. The van der Waals surface area contributed by atoms with Gasteiger partial charge in [-0.1, -0.05) is 0 Å². The first kappa shape index (κ1) is 18.0. The molecule has 0 bridgehead atoms. The molecule has 28 heavy (non-hydrogen) atoms. The van der Waals surface area contributed by atoms with Crippen molar-refractivity contribution >= 4 is 0 Å². The van der Waals surface area contributed by atoms with Crippen LogP contribution >= 0.6 is 0 Å². The number of rotatable bonds is 5. The van der Waals surface area contributed by atoms with Gasteiger partial charge in [0.05, 0.1) is 25.5 Å². The zero-order valence-electron chi connectivity index (χ0n) is 15.8. The molecule has 2 N–H and O–H groups in total. The maximum Gasteiger partial charge on any atom is 0.176 e. The number of benzene rings is 2. The van der Waals surface area contributed by atoms with Crippen molar-refractivity contribution in [3.05, 3.63) is 42.1 Å². The zero-order valence-corrected chi connectivity index (χ0v) is 15.8. The van der Waals surface area contributed by atoms with Gasteiger partial charge in [0, 0.05) is 24.1 Å². The van der Waals surface area contributed by atoms with Crippen LogP contribution in [0.2, 0.25) is 0 Å². The zero-order chi connectivity index (χ0) is 19.5. The van der Waals surface area contributed by atoms with Gasteiger partial charge in [0.2, 0.25) is 0 Å². The van der Waals surface area contributed by atoms with Crippen molar-refractivity contribution in [3.8, 4) is 45.8 Å². The van der Waals surface area contributed by atoms with Gasteiger partial charge in [-0.05, 0) is 38.1 Å². The lowest BCUT2D eigenvalue weighted by atomic mass is 10.1. The summed E-state index contributed by atoms with van der Waals surface area (Å²) in [5.41, 5.74) is 1.82. The Balaban J connectivity index is 1.65. The third-order valence-corrected chi connectivity index (χ3v) is 4.37. The Kier molecular flexibility index (Phi) is 4.97. The van der Waals surface area contributed by atoms with Gasteiger partial charge in [0.15, 0.2) is 17.2 Å². The molecule has 0 saturated heterocycles. The topological polar surface area (TPSA) is 85.8 Å². The van der Waals surface area contributed by atoms with E-state index in [9.17, 15) is 5.11 Å². The summed E-state index contributed by atoms with van der Waals surface area (Å²) in [5, 5.41) is 17.7. The number of phenols is 1. The van der Waals surface area contributed by atoms with Crippen molar-refractivity contribution in [2.75, 3.05) is 19.8 Å². The van der Waals surface area contributed by atoms with Gasteiger partial charge in [-0.2, -0.15) is 5.10 Å². The van der Waals surface area contributed by atoms with E-state index in [1.165, 1.54) is 0 Å². The highest BCUT2D eigenvalue weighted by Gasteiger charge is 2.19. The molecule has 2 heterocycles. The van der Waals surface area contributed by atoms with Crippen molar-refractivity contribution in [2.24, 2.45) is 0 Å². The summed E-state index contributed by atoms with van der Waals surface area (Å²) in [6, 6.07) is 10.6. The second-order valence-corrected chi connectivity index (χ2v) is 6.40. The van der Waals surface area contributed by atoms with E-state index in [1.54, 1.807) is 24.3 Å². The van der Waals surface area contributed by atoms with E-state index in [-0.39, 0.29) is 5.75 Å². The lowest BCUT2D eigenvalue weighted by Gasteiger charge is -2.12. The molecule has 3 aromatic rings. The van der Waals surface area contributed by atoms with Crippen LogP contribution in [0, 0.1) is 6.92 Å². The second kappa shape index (κ2) is 7.72. The van der Waals surface area contributed by atoms with Gasteiger partial charge in [0.1, 0.15) is 22.9 Å². The maximum absolute atomic E-state index is 10.4. The number of hydrogen-bond acceptors (Lipinski definition) is 6. The fraction of sp³-hybridized carbons (Fsp3) is 0.286. The highest BCUT2D eigenvalue weighted by molar-refractivity contribution is 5.74. The highest BCUT2D eigenvalue weighted by Crippen LogP contribution is 2.41. The minimum Gasteiger partial charge on any atom is -0.507 e. The van der Waals surface area contributed by atoms with Gasteiger partial charge < -0.3 is 24.1 Å². The van der Waals surface area contributed by atoms with Gasteiger partial charge in [0.25, 0.3) is 0 Å². The number of aromatic nitrogens is 2. The molecule has 7 nitrogen and oxygen atoms in total. The summed E-state index contributed by atoms with van der Waals surface area (Å²) < 4.78 is 22.9. The molecule has 4 rings (SSSR count). The fourth-order valence-electron chi connectivity index (χ4n) is 3.02. The molecule has 1 aliphatic rings. The molecule has 146 valence electrons. The number of H-pyrrole nitrogens is 1. The quantitative estimate of drug-likeness (QED) is 0.678. The first-order valence-electron chi connectivity index (χ1n) is 9.24. The first-order chi connectivity index (χ1) is 13.7. The van der Waals surface area contributed by atoms with Crippen molar-refractivity contribution in [3.63, 3.8) is 0 Å². The molecule has 0 amide bonds. The molecule has 0 fully saturated rings. The third-order valence-electron chi connectivity index (χ3n) is 4.37. The van der Waals surface area contributed by atoms with Gasteiger partial charge in [-0.3, -0.25) is 5.10 Å².